The lowest BCUT2D eigenvalue weighted by Gasteiger charge is -2.28. The van der Waals surface area contributed by atoms with E-state index in [9.17, 15) is 49.3 Å². The van der Waals surface area contributed by atoms with Gasteiger partial charge in [-0.05, 0) is 35.9 Å². The number of amides is 4. The van der Waals surface area contributed by atoms with Crippen LogP contribution in [0.3, 0.4) is 0 Å². The minimum absolute atomic E-state index is 0.0115. The molecule has 4 aromatic carbocycles. The van der Waals surface area contributed by atoms with Gasteiger partial charge in [-0.2, -0.15) is 0 Å². The number of carbonyl (C=O) groups is 5. The molecule has 1 atom stereocenters. The summed E-state index contributed by atoms with van der Waals surface area (Å²) in [4.78, 5) is 88.2. The van der Waals surface area contributed by atoms with Crippen molar-refractivity contribution in [1.29, 1.82) is 0 Å². The third kappa shape index (κ3) is 5.58. The van der Waals surface area contributed by atoms with Crippen molar-refractivity contribution in [3.63, 3.8) is 0 Å². The number of carboxylic acid groups (broad SMARTS) is 1. The zero-order chi connectivity index (χ0) is 34.3. The fourth-order valence-electron chi connectivity index (χ4n) is 6.13. The molecule has 2 heterocycles. The Hall–Kier alpha value is -6.13. The minimum Gasteiger partial charge on any atom is -0.480 e. The summed E-state index contributed by atoms with van der Waals surface area (Å²) in [7, 11) is 0. The van der Waals surface area contributed by atoms with Crippen LogP contribution in [0.15, 0.2) is 60.7 Å². The molecule has 0 radical (unpaired) electrons. The molecule has 4 amide bonds. The van der Waals surface area contributed by atoms with E-state index in [1.54, 1.807) is 30.3 Å². The molecule has 0 saturated carbocycles. The van der Waals surface area contributed by atoms with E-state index in [1.165, 1.54) is 18.2 Å². The van der Waals surface area contributed by atoms with Crippen molar-refractivity contribution >= 4 is 62.5 Å². The van der Waals surface area contributed by atoms with Crippen LogP contribution in [0.25, 0.3) is 21.5 Å². The minimum atomic E-state index is -1.19. The number of hydrogen-bond acceptors (Lipinski definition) is 11. The summed E-state index contributed by atoms with van der Waals surface area (Å²) in [5.41, 5.74) is -0.0563. The summed E-state index contributed by atoms with van der Waals surface area (Å²) >= 11 is 0. The fraction of sp³-hybridized carbons (Fsp3) is 0.219. The standard InChI is InChI=1S/C32H26N6O10/c39-28-21-5-1-3-17-13-19(37(45)46)15-23(26(17)21)30(41)35(28)11-9-33-8-7-25(32(43)44)34-10-12-36-29(40)22-6-2-4-18-14-20(38(47)48)16-24(27(18)22)31(36)42/h1-6,13-16,25,33-34H,7-12H2,(H,43,44)/t25-/m1/s1. The van der Waals surface area contributed by atoms with E-state index < -0.39 is 45.5 Å². The molecule has 0 unspecified atom stereocenters. The third-order valence-electron chi connectivity index (χ3n) is 8.39. The van der Waals surface area contributed by atoms with Gasteiger partial charge in [-0.1, -0.05) is 24.3 Å². The molecule has 0 aromatic heterocycles. The van der Waals surface area contributed by atoms with Gasteiger partial charge in [0, 0.05) is 72.3 Å². The highest BCUT2D eigenvalue weighted by Gasteiger charge is 2.35. The van der Waals surface area contributed by atoms with E-state index in [4.69, 9.17) is 0 Å². The van der Waals surface area contributed by atoms with Crippen LogP contribution < -0.4 is 10.6 Å². The molecule has 0 bridgehead atoms. The molecule has 0 aliphatic carbocycles. The Morgan fingerprint density at radius 3 is 1.60 bits per heavy atom. The van der Waals surface area contributed by atoms with E-state index in [0.29, 0.717) is 21.5 Å². The second kappa shape index (κ2) is 12.6. The van der Waals surface area contributed by atoms with Crippen LogP contribution in [0.2, 0.25) is 0 Å². The molecule has 2 aliphatic heterocycles. The molecule has 16 nitrogen and oxygen atoms in total. The molecule has 0 spiro atoms. The molecule has 244 valence electrons. The highest BCUT2D eigenvalue weighted by atomic mass is 16.6. The van der Waals surface area contributed by atoms with Crippen molar-refractivity contribution in [3.05, 3.63) is 103 Å². The molecule has 4 aromatic rings. The first-order chi connectivity index (χ1) is 23.0. The predicted molar refractivity (Wildman–Crippen MR) is 169 cm³/mol. The maximum absolute atomic E-state index is 13.2. The van der Waals surface area contributed by atoms with Gasteiger partial charge in [0.05, 0.1) is 21.0 Å². The zero-order valence-corrected chi connectivity index (χ0v) is 25.0. The van der Waals surface area contributed by atoms with Gasteiger partial charge in [-0.3, -0.25) is 54.0 Å². The van der Waals surface area contributed by atoms with Gasteiger partial charge >= 0.3 is 5.97 Å². The van der Waals surface area contributed by atoms with Crippen LogP contribution in [0.4, 0.5) is 11.4 Å². The maximum atomic E-state index is 13.2. The van der Waals surface area contributed by atoms with Gasteiger partial charge in [-0.15, -0.1) is 0 Å². The van der Waals surface area contributed by atoms with Crippen molar-refractivity contribution < 1.29 is 38.9 Å². The summed E-state index contributed by atoms with van der Waals surface area (Å²) in [6, 6.07) is 13.2. The first-order valence-electron chi connectivity index (χ1n) is 14.8. The number of aliphatic carboxylic acids is 1. The molecular formula is C32H26N6O10. The summed E-state index contributed by atoms with van der Waals surface area (Å²) in [5, 5.41) is 39.8. The third-order valence-corrected chi connectivity index (χ3v) is 8.39. The number of non-ortho nitro benzene ring substituents is 2. The van der Waals surface area contributed by atoms with Crippen LogP contribution in [0.5, 0.6) is 0 Å². The molecule has 2 aliphatic rings. The van der Waals surface area contributed by atoms with Crippen LogP contribution in [0.1, 0.15) is 47.9 Å². The van der Waals surface area contributed by atoms with Gasteiger partial charge in [0.1, 0.15) is 6.04 Å². The summed E-state index contributed by atoms with van der Waals surface area (Å²) < 4.78 is 0. The number of nitro groups is 2. The Labute approximate surface area is 270 Å². The topological polar surface area (TPSA) is 222 Å². The fourth-order valence-corrected chi connectivity index (χ4v) is 6.13. The number of benzene rings is 4. The first kappa shape index (κ1) is 31.8. The van der Waals surface area contributed by atoms with E-state index in [0.717, 1.165) is 21.9 Å². The van der Waals surface area contributed by atoms with E-state index >= 15 is 0 Å². The molecule has 3 N–H and O–H groups in total. The van der Waals surface area contributed by atoms with Crippen molar-refractivity contribution in [3.8, 4) is 0 Å². The largest absolute Gasteiger partial charge is 0.480 e. The number of nitro benzene ring substituents is 2. The lowest BCUT2D eigenvalue weighted by atomic mass is 9.93. The summed E-state index contributed by atoms with van der Waals surface area (Å²) in [6.07, 6.45) is 0.0573. The number of hydrogen-bond donors (Lipinski definition) is 3. The zero-order valence-electron chi connectivity index (χ0n) is 25.0. The summed E-state index contributed by atoms with van der Waals surface area (Å²) in [6.45, 7) is -0.0924. The maximum Gasteiger partial charge on any atom is 0.320 e. The Morgan fingerprint density at radius 1 is 0.688 bits per heavy atom. The van der Waals surface area contributed by atoms with Gasteiger partial charge in [0.15, 0.2) is 0 Å². The van der Waals surface area contributed by atoms with Gasteiger partial charge in [-0.25, -0.2) is 0 Å². The predicted octanol–water partition coefficient (Wildman–Crippen LogP) is 2.72. The Kier molecular flexibility index (Phi) is 8.34. The van der Waals surface area contributed by atoms with Crippen molar-refractivity contribution in [1.82, 2.24) is 20.4 Å². The van der Waals surface area contributed by atoms with E-state index in [1.807, 2.05) is 0 Å². The summed E-state index contributed by atoms with van der Waals surface area (Å²) in [5.74, 6) is -3.73. The Bertz CT molecular complexity index is 2100. The van der Waals surface area contributed by atoms with Crippen LogP contribution in [-0.2, 0) is 4.79 Å². The molecule has 0 saturated heterocycles. The average Bonchev–Trinajstić information content (AvgIpc) is 3.06. The normalized spacial score (nSPS) is 14.6. The first-order valence-corrected chi connectivity index (χ1v) is 14.8. The van der Waals surface area contributed by atoms with Crippen molar-refractivity contribution in [2.75, 3.05) is 32.7 Å². The van der Waals surface area contributed by atoms with Gasteiger partial charge < -0.3 is 15.7 Å². The number of nitrogens with one attached hydrogen (secondary N) is 2. The van der Waals surface area contributed by atoms with E-state index in [2.05, 4.69) is 10.6 Å². The molecular weight excluding hydrogens is 628 g/mol. The van der Waals surface area contributed by atoms with Crippen molar-refractivity contribution in [2.24, 2.45) is 0 Å². The highest BCUT2D eigenvalue weighted by Crippen LogP contribution is 2.34. The lowest BCUT2D eigenvalue weighted by Crippen LogP contribution is -2.47. The van der Waals surface area contributed by atoms with Crippen molar-refractivity contribution in [2.45, 2.75) is 12.5 Å². The number of imide groups is 2. The second-order valence-corrected chi connectivity index (χ2v) is 11.2. The lowest BCUT2D eigenvalue weighted by molar-refractivity contribution is -0.384. The monoisotopic (exact) mass is 654 g/mol. The van der Waals surface area contributed by atoms with Crippen LogP contribution in [0, 0.1) is 20.2 Å². The number of carboxylic acids is 1. The quantitative estimate of drug-likeness (QED) is 0.0819. The second-order valence-electron chi connectivity index (χ2n) is 11.2. The number of nitrogens with zero attached hydrogens (tertiary/aromatic N) is 4. The van der Waals surface area contributed by atoms with E-state index in [-0.39, 0.29) is 72.8 Å². The molecule has 16 heteroatoms. The Morgan fingerprint density at radius 2 is 1.15 bits per heavy atom. The molecule has 48 heavy (non-hydrogen) atoms. The molecule has 6 rings (SSSR count). The van der Waals surface area contributed by atoms with Gasteiger partial charge in [0.2, 0.25) is 0 Å². The Balaban J connectivity index is 1.04. The SMILES string of the molecule is O=C(O)[C@@H](CCNCCN1C(=O)c2cccc3cc([N+](=O)[O-])cc(c23)C1=O)NCCN1C(=O)c2cccc3cc([N+](=O)[O-])cc(c23)C1=O. The smallest absolute Gasteiger partial charge is 0.320 e. The number of carbonyl (C=O) groups excluding carboxylic acids is 4. The van der Waals surface area contributed by atoms with Crippen LogP contribution >= 0.6 is 0 Å². The molecule has 0 fully saturated rings. The van der Waals surface area contributed by atoms with Crippen LogP contribution in [-0.4, -0.2) is 93.1 Å². The van der Waals surface area contributed by atoms with Gasteiger partial charge in [0.25, 0.3) is 35.0 Å². The number of rotatable bonds is 13. The average molecular weight is 655 g/mol. The highest BCUT2D eigenvalue weighted by molar-refractivity contribution is 6.26.